The van der Waals surface area contributed by atoms with Gasteiger partial charge in [-0.2, -0.15) is 0 Å². The molecule has 3 atom stereocenters. The Bertz CT molecular complexity index is 519. The summed E-state index contributed by atoms with van der Waals surface area (Å²) in [7, 11) is 3.21. The Morgan fingerprint density at radius 2 is 2.05 bits per heavy atom. The molecule has 1 fully saturated rings. The van der Waals surface area contributed by atoms with E-state index in [2.05, 4.69) is 5.32 Å². The molecule has 1 amide bonds. The Kier molecular flexibility index (Phi) is 5.66. The van der Waals surface area contributed by atoms with Crippen LogP contribution in [-0.4, -0.2) is 26.2 Å². The summed E-state index contributed by atoms with van der Waals surface area (Å²) < 4.78 is 10.5. The van der Waals surface area contributed by atoms with E-state index >= 15 is 0 Å². The first kappa shape index (κ1) is 16.6. The van der Waals surface area contributed by atoms with Crippen LogP contribution < -0.4 is 20.5 Å². The van der Waals surface area contributed by atoms with Crippen molar-refractivity contribution < 1.29 is 14.3 Å². The molecular weight excluding hydrogens is 280 g/mol. The first-order valence-electron chi connectivity index (χ1n) is 7.82. The Morgan fingerprint density at radius 1 is 1.32 bits per heavy atom. The number of benzene rings is 1. The van der Waals surface area contributed by atoms with Crippen LogP contribution in [0.1, 0.15) is 44.2 Å². The molecule has 1 aromatic rings. The fourth-order valence-electron chi connectivity index (χ4n) is 3.06. The minimum absolute atomic E-state index is 0.0598. The number of hydrogen-bond donors (Lipinski definition) is 2. The van der Waals surface area contributed by atoms with Crippen molar-refractivity contribution in [3.05, 3.63) is 23.8 Å². The Labute approximate surface area is 132 Å². The molecule has 3 N–H and O–H groups in total. The largest absolute Gasteiger partial charge is 0.493 e. The number of ether oxygens (including phenoxy) is 2. The number of carbonyl (C=O) groups excluding carboxylic acids is 1. The van der Waals surface area contributed by atoms with Crippen LogP contribution >= 0.6 is 0 Å². The summed E-state index contributed by atoms with van der Waals surface area (Å²) in [6.07, 6.45) is 3.73. The normalized spacial score (nSPS) is 22.2. The SMILES string of the molecule is COc1ccc(C(C)NC(=O)C[C@@H]2CCC[C@H]2N)cc1OC. The highest BCUT2D eigenvalue weighted by molar-refractivity contribution is 5.76. The maximum atomic E-state index is 12.2. The average molecular weight is 306 g/mol. The fourth-order valence-corrected chi connectivity index (χ4v) is 3.06. The molecule has 0 spiro atoms. The first-order valence-corrected chi connectivity index (χ1v) is 7.82. The highest BCUT2D eigenvalue weighted by atomic mass is 16.5. The summed E-state index contributed by atoms with van der Waals surface area (Å²) in [6, 6.07) is 5.77. The molecule has 0 aromatic heterocycles. The Hall–Kier alpha value is -1.75. The topological polar surface area (TPSA) is 73.6 Å². The van der Waals surface area contributed by atoms with Gasteiger partial charge < -0.3 is 20.5 Å². The maximum absolute atomic E-state index is 12.2. The Morgan fingerprint density at radius 3 is 2.64 bits per heavy atom. The third-order valence-electron chi connectivity index (χ3n) is 4.45. The van der Waals surface area contributed by atoms with Crippen molar-refractivity contribution in [2.24, 2.45) is 11.7 Å². The molecule has 0 saturated heterocycles. The lowest BCUT2D eigenvalue weighted by atomic mass is 9.99. The number of hydrogen-bond acceptors (Lipinski definition) is 4. The molecule has 5 heteroatoms. The number of nitrogens with one attached hydrogen (secondary N) is 1. The molecule has 22 heavy (non-hydrogen) atoms. The minimum Gasteiger partial charge on any atom is -0.493 e. The van der Waals surface area contributed by atoms with Gasteiger partial charge in [0.2, 0.25) is 5.91 Å². The summed E-state index contributed by atoms with van der Waals surface area (Å²) in [6.45, 7) is 1.97. The van der Waals surface area contributed by atoms with Crippen molar-refractivity contribution in [1.82, 2.24) is 5.32 Å². The molecule has 0 aliphatic heterocycles. The van der Waals surface area contributed by atoms with Gasteiger partial charge in [0.1, 0.15) is 0 Å². The lowest BCUT2D eigenvalue weighted by molar-refractivity contribution is -0.122. The molecule has 1 saturated carbocycles. The van der Waals surface area contributed by atoms with E-state index in [0.717, 1.165) is 24.8 Å². The standard InChI is InChI=1S/C17H26N2O3/c1-11(12-7-8-15(21-2)16(9-12)22-3)19-17(20)10-13-5-4-6-14(13)18/h7-9,11,13-14H,4-6,10,18H2,1-3H3,(H,19,20)/t11?,13-,14+/m0/s1. The molecule has 2 rings (SSSR count). The van der Waals surface area contributed by atoms with Gasteiger partial charge in [-0.1, -0.05) is 12.5 Å². The number of methoxy groups -OCH3 is 2. The van der Waals surface area contributed by atoms with Crippen LogP contribution in [0.15, 0.2) is 18.2 Å². The Balaban J connectivity index is 1.96. The third-order valence-corrected chi connectivity index (χ3v) is 4.45. The van der Waals surface area contributed by atoms with Crippen molar-refractivity contribution >= 4 is 5.91 Å². The zero-order valence-corrected chi connectivity index (χ0v) is 13.6. The van der Waals surface area contributed by atoms with Crippen molar-refractivity contribution in [1.29, 1.82) is 0 Å². The first-order chi connectivity index (χ1) is 10.5. The van der Waals surface area contributed by atoms with E-state index in [9.17, 15) is 4.79 Å². The van der Waals surface area contributed by atoms with Crippen LogP contribution in [0.4, 0.5) is 0 Å². The predicted octanol–water partition coefficient (Wildman–Crippen LogP) is 2.40. The molecule has 5 nitrogen and oxygen atoms in total. The van der Waals surface area contributed by atoms with Crippen molar-refractivity contribution in [2.75, 3.05) is 14.2 Å². The van der Waals surface area contributed by atoms with E-state index in [1.165, 1.54) is 0 Å². The monoisotopic (exact) mass is 306 g/mol. The quantitative estimate of drug-likeness (QED) is 0.846. The van der Waals surface area contributed by atoms with Crippen LogP contribution in [0.2, 0.25) is 0 Å². The zero-order chi connectivity index (χ0) is 16.1. The summed E-state index contributed by atoms with van der Waals surface area (Å²) in [5.41, 5.74) is 7.02. The lowest BCUT2D eigenvalue weighted by Crippen LogP contribution is -2.32. The molecule has 1 unspecified atom stereocenters. The number of carbonyl (C=O) groups is 1. The van der Waals surface area contributed by atoms with Gasteiger partial charge in [-0.3, -0.25) is 4.79 Å². The molecule has 0 heterocycles. The van der Waals surface area contributed by atoms with E-state index in [-0.39, 0.29) is 18.0 Å². The number of rotatable bonds is 6. The van der Waals surface area contributed by atoms with Gasteiger partial charge in [0, 0.05) is 12.5 Å². The zero-order valence-electron chi connectivity index (χ0n) is 13.6. The second kappa shape index (κ2) is 7.49. The molecule has 0 radical (unpaired) electrons. The van der Waals surface area contributed by atoms with Crippen LogP contribution in [0, 0.1) is 5.92 Å². The van der Waals surface area contributed by atoms with Gasteiger partial charge >= 0.3 is 0 Å². The summed E-state index contributed by atoms with van der Waals surface area (Å²) in [5.74, 6) is 1.72. The van der Waals surface area contributed by atoms with E-state index in [0.29, 0.717) is 23.8 Å². The van der Waals surface area contributed by atoms with Crippen LogP contribution in [-0.2, 0) is 4.79 Å². The van der Waals surface area contributed by atoms with Crippen LogP contribution in [0.3, 0.4) is 0 Å². The molecule has 122 valence electrons. The average Bonchev–Trinajstić information content (AvgIpc) is 2.91. The smallest absolute Gasteiger partial charge is 0.220 e. The van der Waals surface area contributed by atoms with Gasteiger partial charge in [-0.15, -0.1) is 0 Å². The molecule has 1 aromatic carbocycles. The van der Waals surface area contributed by atoms with E-state index in [1.54, 1.807) is 14.2 Å². The van der Waals surface area contributed by atoms with Gasteiger partial charge in [-0.05, 0) is 43.4 Å². The molecule has 1 aliphatic rings. The second-order valence-corrected chi connectivity index (χ2v) is 5.96. The fraction of sp³-hybridized carbons (Fsp3) is 0.588. The summed E-state index contributed by atoms with van der Waals surface area (Å²) in [4.78, 5) is 12.2. The van der Waals surface area contributed by atoms with Gasteiger partial charge in [0.15, 0.2) is 11.5 Å². The summed E-state index contributed by atoms with van der Waals surface area (Å²) >= 11 is 0. The van der Waals surface area contributed by atoms with Crippen LogP contribution in [0.25, 0.3) is 0 Å². The highest BCUT2D eigenvalue weighted by Gasteiger charge is 2.26. The van der Waals surface area contributed by atoms with Crippen molar-refractivity contribution in [3.63, 3.8) is 0 Å². The third kappa shape index (κ3) is 3.91. The van der Waals surface area contributed by atoms with Crippen LogP contribution in [0.5, 0.6) is 11.5 Å². The molecule has 1 aliphatic carbocycles. The molecular formula is C17H26N2O3. The van der Waals surface area contributed by atoms with Crippen molar-refractivity contribution in [3.8, 4) is 11.5 Å². The van der Waals surface area contributed by atoms with E-state index in [4.69, 9.17) is 15.2 Å². The van der Waals surface area contributed by atoms with E-state index < -0.39 is 0 Å². The van der Waals surface area contributed by atoms with Gasteiger partial charge in [-0.25, -0.2) is 0 Å². The lowest BCUT2D eigenvalue weighted by Gasteiger charge is -2.19. The number of amides is 1. The number of nitrogens with two attached hydrogens (primary N) is 1. The summed E-state index contributed by atoms with van der Waals surface area (Å²) in [5, 5.41) is 3.04. The molecule has 0 bridgehead atoms. The highest BCUT2D eigenvalue weighted by Crippen LogP contribution is 2.30. The maximum Gasteiger partial charge on any atom is 0.220 e. The van der Waals surface area contributed by atoms with Gasteiger partial charge in [0.25, 0.3) is 0 Å². The second-order valence-electron chi connectivity index (χ2n) is 5.96. The van der Waals surface area contributed by atoms with Gasteiger partial charge in [0.05, 0.1) is 20.3 Å². The van der Waals surface area contributed by atoms with Crippen molar-refractivity contribution in [2.45, 2.75) is 44.7 Å². The minimum atomic E-state index is -0.0788. The predicted molar refractivity (Wildman–Crippen MR) is 86.0 cm³/mol. The van der Waals surface area contributed by atoms with E-state index in [1.807, 2.05) is 25.1 Å².